The molecule has 1 rings (SSSR count). The zero-order valence-electron chi connectivity index (χ0n) is 8.08. The fourth-order valence-corrected chi connectivity index (χ4v) is 1.15. The van der Waals surface area contributed by atoms with Crippen molar-refractivity contribution in [2.24, 2.45) is 0 Å². The van der Waals surface area contributed by atoms with E-state index in [0.29, 0.717) is 6.07 Å². The second kappa shape index (κ2) is 3.95. The summed E-state index contributed by atoms with van der Waals surface area (Å²) in [4.78, 5) is 3.32. The highest BCUT2D eigenvalue weighted by Crippen LogP contribution is 2.39. The minimum absolute atomic E-state index is 0.0275. The van der Waals surface area contributed by atoms with Gasteiger partial charge in [-0.25, -0.2) is 0 Å². The number of pyridine rings is 1. The number of halogens is 6. The third-order valence-corrected chi connectivity index (χ3v) is 1.93. The first-order chi connectivity index (χ1) is 7.16. The predicted octanol–water partition coefficient (Wildman–Crippen LogP) is 3.68. The summed E-state index contributed by atoms with van der Waals surface area (Å²) in [6.45, 7) is 1.51. The van der Waals surface area contributed by atoms with Gasteiger partial charge in [0.2, 0.25) is 0 Å². The molecule has 0 bridgehead atoms. The fourth-order valence-electron chi connectivity index (χ4n) is 1.15. The van der Waals surface area contributed by atoms with Crippen molar-refractivity contribution in [1.82, 2.24) is 4.98 Å². The van der Waals surface area contributed by atoms with Gasteiger partial charge < -0.3 is 0 Å². The lowest BCUT2D eigenvalue weighted by atomic mass is 10.1. The molecule has 0 saturated heterocycles. The number of rotatable bonds is 1. The molecule has 0 aromatic carbocycles. The molecule has 0 fully saturated rings. The minimum atomic E-state index is -5.05. The van der Waals surface area contributed by atoms with Crippen molar-refractivity contribution in [3.8, 4) is 0 Å². The van der Waals surface area contributed by atoms with Gasteiger partial charge in [-0.3, -0.25) is 4.98 Å². The molecule has 0 saturated carbocycles. The van der Waals surface area contributed by atoms with Gasteiger partial charge in [-0.2, -0.15) is 26.3 Å². The molecule has 0 unspecified atom stereocenters. The zero-order valence-corrected chi connectivity index (χ0v) is 8.08. The highest BCUT2D eigenvalue weighted by molar-refractivity contribution is 5.31. The number of hydrogen-bond donors (Lipinski definition) is 0. The van der Waals surface area contributed by atoms with E-state index in [2.05, 4.69) is 4.98 Å². The Labute approximate surface area is 87.1 Å². The quantitative estimate of drug-likeness (QED) is 0.685. The molecule has 1 heterocycles. The Bertz CT molecular complexity index is 379. The van der Waals surface area contributed by atoms with Crippen molar-refractivity contribution in [2.75, 3.05) is 0 Å². The maximum absolute atomic E-state index is 12.4. The van der Waals surface area contributed by atoms with E-state index in [9.17, 15) is 26.3 Å². The molecule has 0 atom stereocenters. The third-order valence-electron chi connectivity index (χ3n) is 1.93. The summed E-state index contributed by atoms with van der Waals surface area (Å²) in [6, 6.07) is 0.433. The molecule has 1 nitrogen and oxygen atoms in total. The standard InChI is InChI=1S/C9H7F6N/c1-2-5-3-6(8(10,11)12)7(4-16-5)9(13,14)15/h3-4H,2H2,1H3. The van der Waals surface area contributed by atoms with E-state index in [1.807, 2.05) is 0 Å². The van der Waals surface area contributed by atoms with Gasteiger partial charge in [0.1, 0.15) is 0 Å². The van der Waals surface area contributed by atoms with Gasteiger partial charge in [0.25, 0.3) is 0 Å². The van der Waals surface area contributed by atoms with Crippen LogP contribution in [0.4, 0.5) is 26.3 Å². The van der Waals surface area contributed by atoms with Gasteiger partial charge in [0.05, 0.1) is 11.1 Å². The molecule has 16 heavy (non-hydrogen) atoms. The lowest BCUT2D eigenvalue weighted by molar-refractivity contribution is -0.162. The van der Waals surface area contributed by atoms with Crippen LogP contribution in [0, 0.1) is 0 Å². The molecule has 0 N–H and O–H groups in total. The maximum atomic E-state index is 12.4. The molecule has 1 aromatic rings. The number of nitrogens with zero attached hydrogens (tertiary/aromatic N) is 1. The van der Waals surface area contributed by atoms with Gasteiger partial charge >= 0.3 is 12.4 Å². The second-order valence-corrected chi connectivity index (χ2v) is 3.07. The summed E-state index contributed by atoms with van der Waals surface area (Å²) in [5.74, 6) is 0. The van der Waals surface area contributed by atoms with Crippen LogP contribution in [0.15, 0.2) is 12.3 Å². The summed E-state index contributed by atoms with van der Waals surface area (Å²) in [5, 5.41) is 0. The smallest absolute Gasteiger partial charge is 0.261 e. The largest absolute Gasteiger partial charge is 0.418 e. The first kappa shape index (κ1) is 12.8. The van der Waals surface area contributed by atoms with E-state index >= 15 is 0 Å². The van der Waals surface area contributed by atoms with Crippen LogP contribution in [0.25, 0.3) is 0 Å². The Morgan fingerprint density at radius 1 is 1.00 bits per heavy atom. The van der Waals surface area contributed by atoms with E-state index in [1.165, 1.54) is 6.92 Å². The average molecular weight is 243 g/mol. The Morgan fingerprint density at radius 2 is 1.50 bits per heavy atom. The summed E-state index contributed by atoms with van der Waals surface area (Å²) in [6.07, 6.45) is -9.72. The fraction of sp³-hybridized carbons (Fsp3) is 0.444. The van der Waals surface area contributed by atoms with Gasteiger partial charge in [-0.15, -0.1) is 0 Å². The van der Waals surface area contributed by atoms with Crippen LogP contribution < -0.4 is 0 Å². The highest BCUT2D eigenvalue weighted by Gasteiger charge is 2.43. The molecule has 0 radical (unpaired) electrons. The first-order valence-corrected chi connectivity index (χ1v) is 4.29. The Morgan fingerprint density at radius 3 is 1.88 bits per heavy atom. The normalized spacial score (nSPS) is 12.9. The van der Waals surface area contributed by atoms with Crippen LogP contribution in [0.1, 0.15) is 23.7 Å². The van der Waals surface area contributed by atoms with E-state index in [-0.39, 0.29) is 18.3 Å². The number of alkyl halides is 6. The number of hydrogen-bond acceptors (Lipinski definition) is 1. The molecule has 90 valence electrons. The molecular formula is C9H7F6N. The Hall–Kier alpha value is -1.27. The monoisotopic (exact) mass is 243 g/mol. The van der Waals surface area contributed by atoms with Crippen molar-refractivity contribution >= 4 is 0 Å². The zero-order chi connectivity index (χ0) is 12.6. The van der Waals surface area contributed by atoms with Gasteiger partial charge in [-0.1, -0.05) is 6.92 Å². The van der Waals surface area contributed by atoms with Gasteiger partial charge in [-0.05, 0) is 12.5 Å². The van der Waals surface area contributed by atoms with Gasteiger partial charge in [0, 0.05) is 11.9 Å². The summed E-state index contributed by atoms with van der Waals surface area (Å²) >= 11 is 0. The lowest BCUT2D eigenvalue weighted by Gasteiger charge is -2.15. The van der Waals surface area contributed by atoms with Crippen molar-refractivity contribution in [3.63, 3.8) is 0 Å². The first-order valence-electron chi connectivity index (χ1n) is 4.29. The SMILES string of the molecule is CCc1cc(C(F)(F)F)c(C(F)(F)F)cn1. The molecule has 0 amide bonds. The predicted molar refractivity (Wildman–Crippen MR) is 43.6 cm³/mol. The molecular weight excluding hydrogens is 236 g/mol. The van der Waals surface area contributed by atoms with Crippen LogP contribution in [0.2, 0.25) is 0 Å². The molecule has 0 spiro atoms. The molecule has 7 heteroatoms. The third kappa shape index (κ3) is 2.65. The Kier molecular flexibility index (Phi) is 3.16. The molecule has 0 aliphatic rings. The van der Waals surface area contributed by atoms with Crippen LogP contribution in [0.3, 0.4) is 0 Å². The van der Waals surface area contributed by atoms with Crippen LogP contribution in [-0.2, 0) is 18.8 Å². The van der Waals surface area contributed by atoms with Crippen LogP contribution in [0.5, 0.6) is 0 Å². The van der Waals surface area contributed by atoms with Crippen molar-refractivity contribution in [2.45, 2.75) is 25.7 Å². The van der Waals surface area contributed by atoms with Gasteiger partial charge in [0.15, 0.2) is 0 Å². The average Bonchev–Trinajstić information content (AvgIpc) is 2.14. The molecule has 0 aliphatic carbocycles. The number of aromatic nitrogens is 1. The van der Waals surface area contributed by atoms with Crippen LogP contribution >= 0.6 is 0 Å². The van der Waals surface area contributed by atoms with Crippen molar-refractivity contribution < 1.29 is 26.3 Å². The number of aryl methyl sites for hydroxylation is 1. The lowest BCUT2D eigenvalue weighted by Crippen LogP contribution is -2.17. The van der Waals surface area contributed by atoms with E-state index in [1.54, 1.807) is 0 Å². The van der Waals surface area contributed by atoms with Crippen molar-refractivity contribution in [1.29, 1.82) is 0 Å². The minimum Gasteiger partial charge on any atom is -0.261 e. The summed E-state index contributed by atoms with van der Waals surface area (Å²) in [5.41, 5.74) is -3.47. The second-order valence-electron chi connectivity index (χ2n) is 3.07. The molecule has 0 aliphatic heterocycles. The topological polar surface area (TPSA) is 12.9 Å². The van der Waals surface area contributed by atoms with Crippen LogP contribution in [-0.4, -0.2) is 4.98 Å². The maximum Gasteiger partial charge on any atom is 0.418 e. The van der Waals surface area contributed by atoms with E-state index < -0.39 is 23.5 Å². The van der Waals surface area contributed by atoms with E-state index in [0.717, 1.165) is 0 Å². The van der Waals surface area contributed by atoms with E-state index in [4.69, 9.17) is 0 Å². The van der Waals surface area contributed by atoms with Crippen molar-refractivity contribution in [3.05, 3.63) is 29.1 Å². The molecule has 1 aromatic heterocycles. The summed E-state index contributed by atoms with van der Waals surface area (Å²) < 4.78 is 73.9. The highest BCUT2D eigenvalue weighted by atomic mass is 19.4. The Balaban J connectivity index is 3.40. The summed E-state index contributed by atoms with van der Waals surface area (Å²) in [7, 11) is 0.